The van der Waals surface area contributed by atoms with Gasteiger partial charge in [0.1, 0.15) is 11.6 Å². The molecule has 0 aliphatic carbocycles. The number of thioether (sulfide) groups is 1. The van der Waals surface area contributed by atoms with Crippen LogP contribution in [-0.4, -0.2) is 44.2 Å². The first kappa shape index (κ1) is 19.4. The Hall–Kier alpha value is -2.93. The third kappa shape index (κ3) is 4.00. The number of carbonyl (C=O) groups is 2. The Balaban J connectivity index is 2.16. The van der Waals surface area contributed by atoms with E-state index in [4.69, 9.17) is 15.7 Å². The molecule has 2 heterocycles. The fourth-order valence-electron chi connectivity index (χ4n) is 2.32. The van der Waals surface area contributed by atoms with Gasteiger partial charge in [-0.1, -0.05) is 11.8 Å². The molecule has 2 N–H and O–H groups in total. The van der Waals surface area contributed by atoms with Gasteiger partial charge in [0, 0.05) is 22.6 Å². The molecule has 0 saturated heterocycles. The number of aryl methyl sites for hydroxylation is 2. The average molecular weight is 374 g/mol. The highest BCUT2D eigenvalue weighted by molar-refractivity contribution is 7.98. The van der Waals surface area contributed by atoms with Gasteiger partial charge in [-0.2, -0.15) is 10.2 Å². The first-order valence-corrected chi connectivity index (χ1v) is 8.83. The number of hydrogen-bond donors (Lipinski definition) is 1. The molecule has 0 aromatic carbocycles. The lowest BCUT2D eigenvalue weighted by Crippen LogP contribution is -2.19. The van der Waals surface area contributed by atoms with Crippen molar-refractivity contribution in [2.75, 3.05) is 12.9 Å². The van der Waals surface area contributed by atoms with Crippen molar-refractivity contribution in [3.05, 3.63) is 28.2 Å². The molecule has 10 heteroatoms. The van der Waals surface area contributed by atoms with E-state index in [1.54, 1.807) is 17.5 Å². The molecule has 0 saturated carbocycles. The highest BCUT2D eigenvalue weighted by atomic mass is 32.2. The predicted octanol–water partition coefficient (Wildman–Crippen LogP) is 0.874. The van der Waals surface area contributed by atoms with Crippen LogP contribution in [0.5, 0.6) is 0 Å². The summed E-state index contributed by atoms with van der Waals surface area (Å²) < 4.78 is 6.55. The summed E-state index contributed by atoms with van der Waals surface area (Å²) in [7, 11) is 0. The lowest BCUT2D eigenvalue weighted by molar-refractivity contribution is -0.146. The second-order valence-corrected chi connectivity index (χ2v) is 6.28. The number of rotatable bonds is 6. The van der Waals surface area contributed by atoms with Crippen LogP contribution >= 0.6 is 11.8 Å². The molecule has 0 aliphatic rings. The molecule has 0 spiro atoms. The van der Waals surface area contributed by atoms with Gasteiger partial charge < -0.3 is 10.5 Å². The van der Waals surface area contributed by atoms with Gasteiger partial charge >= 0.3 is 5.97 Å². The Morgan fingerprint density at radius 1 is 1.35 bits per heavy atom. The van der Waals surface area contributed by atoms with Crippen molar-refractivity contribution in [2.24, 2.45) is 5.73 Å². The molecule has 0 unspecified atom stereocenters. The summed E-state index contributed by atoms with van der Waals surface area (Å²) in [5.74, 6) is -0.787. The maximum absolute atomic E-state index is 12.1. The summed E-state index contributed by atoms with van der Waals surface area (Å²) in [5.41, 5.74) is 7.34. The van der Waals surface area contributed by atoms with Gasteiger partial charge in [0.05, 0.1) is 6.42 Å². The number of nitriles is 1. The van der Waals surface area contributed by atoms with Gasteiger partial charge in [-0.05, 0) is 27.0 Å². The number of carbonyl (C=O) groups excluding carboxylic acids is 2. The standard InChI is InChI=1S/C16H18N6O3S/c1-8(18)12(6-17)13(23)7-25-14(24)5-11-9(2)19-15-20-16(26-4)21-22(15)10(11)3/h5,7,18H2,1-4H3/b12-8+. The van der Waals surface area contributed by atoms with Gasteiger partial charge in [0.25, 0.3) is 5.78 Å². The second-order valence-electron chi connectivity index (χ2n) is 5.50. The van der Waals surface area contributed by atoms with Gasteiger partial charge in [-0.15, -0.1) is 5.10 Å². The van der Waals surface area contributed by atoms with Crippen LogP contribution in [0.2, 0.25) is 0 Å². The third-order valence-electron chi connectivity index (χ3n) is 3.68. The number of esters is 1. The van der Waals surface area contributed by atoms with Crippen LogP contribution in [0, 0.1) is 25.2 Å². The van der Waals surface area contributed by atoms with Crippen molar-refractivity contribution in [1.82, 2.24) is 19.6 Å². The Morgan fingerprint density at radius 2 is 2.04 bits per heavy atom. The van der Waals surface area contributed by atoms with Crippen molar-refractivity contribution in [3.8, 4) is 6.07 Å². The minimum Gasteiger partial charge on any atom is -0.457 e. The normalized spacial score (nSPS) is 11.8. The van der Waals surface area contributed by atoms with Crippen LogP contribution < -0.4 is 5.73 Å². The molecular weight excluding hydrogens is 356 g/mol. The third-order valence-corrected chi connectivity index (χ3v) is 4.22. The van der Waals surface area contributed by atoms with Crippen LogP contribution in [0.15, 0.2) is 16.4 Å². The predicted molar refractivity (Wildman–Crippen MR) is 94.2 cm³/mol. The Labute approximate surface area is 154 Å². The van der Waals surface area contributed by atoms with Crippen LogP contribution in [0.1, 0.15) is 23.9 Å². The SMILES string of the molecule is CSc1nc2nc(C)c(CC(=O)OCC(=O)/C(C#N)=C(\C)N)c(C)n2n1. The molecule has 0 radical (unpaired) electrons. The van der Waals surface area contributed by atoms with Crippen LogP contribution in [0.3, 0.4) is 0 Å². The van der Waals surface area contributed by atoms with Crippen LogP contribution in [-0.2, 0) is 20.7 Å². The zero-order valence-corrected chi connectivity index (χ0v) is 15.7. The highest BCUT2D eigenvalue weighted by Gasteiger charge is 2.18. The molecule has 2 rings (SSSR count). The van der Waals surface area contributed by atoms with E-state index >= 15 is 0 Å². The molecule has 0 fully saturated rings. The number of ether oxygens (including phenoxy) is 1. The number of fused-ring (bicyclic) bond motifs is 1. The number of nitrogens with two attached hydrogens (primary N) is 1. The van der Waals surface area contributed by atoms with Crippen molar-refractivity contribution in [2.45, 2.75) is 32.3 Å². The second kappa shape index (κ2) is 7.97. The zero-order chi connectivity index (χ0) is 19.4. The number of Topliss-reactive ketones (excluding diaryl/α,β-unsaturated/α-hetero) is 1. The quantitative estimate of drug-likeness (QED) is 0.338. The smallest absolute Gasteiger partial charge is 0.310 e. The minimum atomic E-state index is -0.635. The summed E-state index contributed by atoms with van der Waals surface area (Å²) in [6.45, 7) is 4.47. The molecule has 2 aromatic rings. The van der Waals surface area contributed by atoms with E-state index in [-0.39, 0.29) is 17.7 Å². The largest absolute Gasteiger partial charge is 0.457 e. The zero-order valence-electron chi connectivity index (χ0n) is 14.9. The summed E-state index contributed by atoms with van der Waals surface area (Å²) in [6, 6.07) is 1.70. The Kier molecular flexibility index (Phi) is 5.94. The minimum absolute atomic E-state index is 0.0739. The fourth-order valence-corrected chi connectivity index (χ4v) is 2.65. The molecular formula is C16H18N6O3S. The first-order valence-electron chi connectivity index (χ1n) is 7.60. The fraction of sp³-hybridized carbons (Fsp3) is 0.375. The average Bonchev–Trinajstić information content (AvgIpc) is 3.00. The van der Waals surface area contributed by atoms with Crippen molar-refractivity contribution in [3.63, 3.8) is 0 Å². The molecule has 2 aromatic heterocycles. The molecule has 136 valence electrons. The Morgan fingerprint density at radius 3 is 2.62 bits per heavy atom. The lowest BCUT2D eigenvalue weighted by atomic mass is 10.1. The maximum Gasteiger partial charge on any atom is 0.310 e. The summed E-state index contributed by atoms with van der Waals surface area (Å²) >= 11 is 1.39. The van der Waals surface area contributed by atoms with Gasteiger partial charge in [-0.3, -0.25) is 9.59 Å². The van der Waals surface area contributed by atoms with E-state index in [1.807, 2.05) is 13.2 Å². The number of allylic oxidation sites excluding steroid dienone is 1. The molecule has 0 amide bonds. The van der Waals surface area contributed by atoms with Crippen LogP contribution in [0.4, 0.5) is 0 Å². The number of nitrogens with zero attached hydrogens (tertiary/aromatic N) is 5. The van der Waals surface area contributed by atoms with E-state index in [2.05, 4.69) is 15.1 Å². The summed E-state index contributed by atoms with van der Waals surface area (Å²) in [6.07, 6.45) is 1.79. The van der Waals surface area contributed by atoms with Crippen molar-refractivity contribution < 1.29 is 14.3 Å². The van der Waals surface area contributed by atoms with Crippen molar-refractivity contribution >= 4 is 29.3 Å². The number of hydrogen-bond acceptors (Lipinski definition) is 9. The molecule has 9 nitrogen and oxygen atoms in total. The highest BCUT2D eigenvalue weighted by Crippen LogP contribution is 2.17. The first-order chi connectivity index (χ1) is 12.3. The van der Waals surface area contributed by atoms with Gasteiger partial charge in [0.2, 0.25) is 10.9 Å². The lowest BCUT2D eigenvalue weighted by Gasteiger charge is -2.10. The molecule has 26 heavy (non-hydrogen) atoms. The maximum atomic E-state index is 12.1. The van der Waals surface area contributed by atoms with E-state index < -0.39 is 18.4 Å². The van der Waals surface area contributed by atoms with E-state index in [0.717, 1.165) is 5.69 Å². The van der Waals surface area contributed by atoms with E-state index in [0.29, 0.717) is 22.2 Å². The van der Waals surface area contributed by atoms with E-state index in [1.165, 1.54) is 18.7 Å². The summed E-state index contributed by atoms with van der Waals surface area (Å²) in [5, 5.41) is 13.8. The monoisotopic (exact) mass is 374 g/mol. The molecule has 0 atom stereocenters. The van der Waals surface area contributed by atoms with Crippen molar-refractivity contribution in [1.29, 1.82) is 5.26 Å². The number of ketones is 1. The topological polar surface area (TPSA) is 136 Å². The Bertz CT molecular complexity index is 953. The van der Waals surface area contributed by atoms with E-state index in [9.17, 15) is 9.59 Å². The van der Waals surface area contributed by atoms with Crippen LogP contribution in [0.25, 0.3) is 5.78 Å². The number of aromatic nitrogens is 4. The van der Waals surface area contributed by atoms with Gasteiger partial charge in [-0.25, -0.2) is 9.50 Å². The summed E-state index contributed by atoms with van der Waals surface area (Å²) in [4.78, 5) is 32.6. The molecule has 0 bridgehead atoms. The van der Waals surface area contributed by atoms with Gasteiger partial charge in [0.15, 0.2) is 6.61 Å². The molecule has 0 aliphatic heterocycles.